The number of nitrogens with zero attached hydrogens (tertiary/aromatic N) is 2. The number of halogens is 1. The second-order valence-corrected chi connectivity index (χ2v) is 8.60. The van der Waals surface area contributed by atoms with Crippen LogP contribution in [0.5, 0.6) is 5.75 Å². The van der Waals surface area contributed by atoms with Crippen LogP contribution in [-0.2, 0) is 9.59 Å². The van der Waals surface area contributed by atoms with Crippen molar-refractivity contribution in [3.05, 3.63) is 59.1 Å². The molecule has 1 N–H and O–H groups in total. The Labute approximate surface area is 188 Å². The fourth-order valence-corrected chi connectivity index (χ4v) is 4.64. The minimum absolute atomic E-state index is 0.0475. The third-order valence-corrected chi connectivity index (χ3v) is 6.40. The van der Waals surface area contributed by atoms with E-state index in [0.717, 1.165) is 30.1 Å². The zero-order chi connectivity index (χ0) is 21.8. The Hall–Kier alpha value is -2.57. The molecule has 2 aliphatic rings. The first-order valence-corrected chi connectivity index (χ1v) is 11.1. The average molecular weight is 442 g/mol. The summed E-state index contributed by atoms with van der Waals surface area (Å²) < 4.78 is 5.28. The van der Waals surface area contributed by atoms with Gasteiger partial charge >= 0.3 is 0 Å². The third-order valence-electron chi connectivity index (χ3n) is 6.17. The smallest absolute Gasteiger partial charge is 0.227 e. The van der Waals surface area contributed by atoms with Crippen molar-refractivity contribution in [1.29, 1.82) is 0 Å². The van der Waals surface area contributed by atoms with Crippen molar-refractivity contribution in [1.82, 2.24) is 10.2 Å². The number of carbonyl (C=O) groups excluding carboxylic acids is 2. The largest absolute Gasteiger partial charge is 0.497 e. The van der Waals surface area contributed by atoms with Gasteiger partial charge in [0.2, 0.25) is 11.8 Å². The Balaban J connectivity index is 1.41. The molecule has 2 unspecified atom stereocenters. The fourth-order valence-electron chi connectivity index (χ4n) is 4.46. The van der Waals surface area contributed by atoms with Crippen LogP contribution in [0.25, 0.3) is 0 Å². The Bertz CT molecular complexity index is 928. The number of hydrogen-bond donors (Lipinski definition) is 1. The lowest BCUT2D eigenvalue weighted by atomic mass is 10.0. The SMILES string of the molecule is COc1ccc(C(CNC(=O)C2CC(=O)N(c3cccc(Cl)c3)C2)N2CCCC2)cc1. The summed E-state index contributed by atoms with van der Waals surface area (Å²) in [4.78, 5) is 29.5. The maximum atomic E-state index is 12.9. The van der Waals surface area contributed by atoms with Gasteiger partial charge in [0.1, 0.15) is 5.75 Å². The van der Waals surface area contributed by atoms with E-state index in [1.54, 1.807) is 24.1 Å². The van der Waals surface area contributed by atoms with Crippen molar-refractivity contribution >= 4 is 29.1 Å². The lowest BCUT2D eigenvalue weighted by Gasteiger charge is -2.28. The molecule has 2 fully saturated rings. The molecular weight excluding hydrogens is 414 g/mol. The van der Waals surface area contributed by atoms with E-state index in [-0.39, 0.29) is 30.2 Å². The Morgan fingerprint density at radius 2 is 1.94 bits per heavy atom. The molecule has 0 aromatic heterocycles. The van der Waals surface area contributed by atoms with Gasteiger partial charge in [-0.25, -0.2) is 0 Å². The molecular formula is C24H28ClN3O3. The molecule has 2 amide bonds. The average Bonchev–Trinajstić information content (AvgIpc) is 3.44. The minimum Gasteiger partial charge on any atom is -0.497 e. The highest BCUT2D eigenvalue weighted by Crippen LogP contribution is 2.29. The van der Waals surface area contributed by atoms with E-state index in [2.05, 4.69) is 22.3 Å². The van der Waals surface area contributed by atoms with Gasteiger partial charge in [0, 0.05) is 30.2 Å². The number of nitrogens with one attached hydrogen (secondary N) is 1. The summed E-state index contributed by atoms with van der Waals surface area (Å²) in [6.07, 6.45) is 2.56. The number of anilines is 1. The minimum atomic E-state index is -0.360. The van der Waals surface area contributed by atoms with E-state index >= 15 is 0 Å². The van der Waals surface area contributed by atoms with Gasteiger partial charge in [-0.15, -0.1) is 0 Å². The summed E-state index contributed by atoms with van der Waals surface area (Å²) in [7, 11) is 1.66. The maximum Gasteiger partial charge on any atom is 0.227 e. The number of ether oxygens (including phenoxy) is 1. The summed E-state index contributed by atoms with van der Waals surface area (Å²) in [6.45, 7) is 2.95. The van der Waals surface area contributed by atoms with E-state index in [4.69, 9.17) is 16.3 Å². The summed E-state index contributed by atoms with van der Waals surface area (Å²) in [6, 6.07) is 15.3. The van der Waals surface area contributed by atoms with Crippen molar-refractivity contribution < 1.29 is 14.3 Å². The van der Waals surface area contributed by atoms with Crippen LogP contribution in [0.1, 0.15) is 30.9 Å². The second kappa shape index (κ2) is 9.71. The van der Waals surface area contributed by atoms with Crippen molar-refractivity contribution in [3.63, 3.8) is 0 Å². The predicted octanol–water partition coefficient (Wildman–Crippen LogP) is 3.65. The highest BCUT2D eigenvalue weighted by atomic mass is 35.5. The van der Waals surface area contributed by atoms with Crippen LogP contribution < -0.4 is 15.0 Å². The standard InChI is InChI=1S/C24H28ClN3O3/c1-31-21-9-7-17(8-10-21)22(27-11-2-3-12-27)15-26-24(30)18-13-23(29)28(16-18)20-6-4-5-19(25)14-20/h4-10,14,18,22H,2-3,11-13,15-16H2,1H3,(H,26,30). The van der Waals surface area contributed by atoms with Crippen molar-refractivity contribution in [3.8, 4) is 5.75 Å². The summed E-state index contributed by atoms with van der Waals surface area (Å²) >= 11 is 6.06. The molecule has 7 heteroatoms. The lowest BCUT2D eigenvalue weighted by Crippen LogP contribution is -2.40. The van der Waals surface area contributed by atoms with E-state index in [9.17, 15) is 9.59 Å². The number of rotatable bonds is 7. The molecule has 0 aliphatic carbocycles. The van der Waals surface area contributed by atoms with Crippen molar-refractivity contribution in [2.75, 3.05) is 38.2 Å². The predicted molar refractivity (Wildman–Crippen MR) is 121 cm³/mol. The number of amides is 2. The second-order valence-electron chi connectivity index (χ2n) is 8.16. The summed E-state index contributed by atoms with van der Waals surface area (Å²) in [5, 5.41) is 3.69. The van der Waals surface area contributed by atoms with Crippen LogP contribution >= 0.6 is 11.6 Å². The van der Waals surface area contributed by atoms with Gasteiger partial charge in [0.25, 0.3) is 0 Å². The van der Waals surface area contributed by atoms with Gasteiger partial charge in [0.15, 0.2) is 0 Å². The molecule has 2 saturated heterocycles. The van der Waals surface area contributed by atoms with Crippen LogP contribution in [0.4, 0.5) is 5.69 Å². The third kappa shape index (κ3) is 5.02. The molecule has 0 spiro atoms. The van der Waals surface area contributed by atoms with Crippen molar-refractivity contribution in [2.45, 2.75) is 25.3 Å². The topological polar surface area (TPSA) is 61.9 Å². The van der Waals surface area contributed by atoms with Gasteiger partial charge in [0.05, 0.1) is 19.1 Å². The normalized spacial score (nSPS) is 20.1. The number of carbonyl (C=O) groups is 2. The molecule has 4 rings (SSSR count). The van der Waals surface area contributed by atoms with E-state index in [0.29, 0.717) is 18.1 Å². The van der Waals surface area contributed by atoms with Gasteiger partial charge in [-0.2, -0.15) is 0 Å². The highest BCUT2D eigenvalue weighted by Gasteiger charge is 2.35. The molecule has 0 saturated carbocycles. The Morgan fingerprint density at radius 3 is 2.61 bits per heavy atom. The Kier molecular flexibility index (Phi) is 6.78. The van der Waals surface area contributed by atoms with Gasteiger partial charge in [-0.3, -0.25) is 14.5 Å². The monoisotopic (exact) mass is 441 g/mol. The molecule has 2 aromatic rings. The molecule has 2 atom stereocenters. The lowest BCUT2D eigenvalue weighted by molar-refractivity contribution is -0.126. The quantitative estimate of drug-likeness (QED) is 0.712. The molecule has 2 aliphatic heterocycles. The van der Waals surface area contributed by atoms with Gasteiger partial charge in [-0.05, 0) is 61.8 Å². The highest BCUT2D eigenvalue weighted by molar-refractivity contribution is 6.31. The number of benzene rings is 2. The molecule has 2 aromatic carbocycles. The fraction of sp³-hybridized carbons (Fsp3) is 0.417. The number of methoxy groups -OCH3 is 1. The van der Waals surface area contributed by atoms with Crippen LogP contribution in [0, 0.1) is 5.92 Å². The zero-order valence-corrected chi connectivity index (χ0v) is 18.5. The van der Waals surface area contributed by atoms with Crippen molar-refractivity contribution in [2.24, 2.45) is 5.92 Å². The molecule has 31 heavy (non-hydrogen) atoms. The van der Waals surface area contributed by atoms with Crippen LogP contribution in [0.2, 0.25) is 5.02 Å². The first-order valence-electron chi connectivity index (χ1n) is 10.8. The summed E-state index contributed by atoms with van der Waals surface area (Å²) in [5.74, 6) is 0.337. The number of hydrogen-bond acceptors (Lipinski definition) is 4. The molecule has 6 nitrogen and oxygen atoms in total. The number of likely N-dealkylation sites (tertiary alicyclic amines) is 1. The van der Waals surface area contributed by atoms with E-state index in [1.807, 2.05) is 24.3 Å². The summed E-state index contributed by atoms with van der Waals surface area (Å²) in [5.41, 5.74) is 1.90. The first-order chi connectivity index (χ1) is 15.0. The van der Waals surface area contributed by atoms with E-state index in [1.165, 1.54) is 12.8 Å². The van der Waals surface area contributed by atoms with Crippen LogP contribution in [0.3, 0.4) is 0 Å². The molecule has 164 valence electrons. The van der Waals surface area contributed by atoms with Gasteiger partial charge < -0.3 is 15.0 Å². The first kappa shape index (κ1) is 21.7. The maximum absolute atomic E-state index is 12.9. The molecule has 0 bridgehead atoms. The molecule has 0 radical (unpaired) electrons. The molecule has 2 heterocycles. The van der Waals surface area contributed by atoms with E-state index < -0.39 is 0 Å². The van der Waals surface area contributed by atoms with Crippen LogP contribution in [0.15, 0.2) is 48.5 Å². The van der Waals surface area contributed by atoms with Gasteiger partial charge in [-0.1, -0.05) is 29.8 Å². The zero-order valence-electron chi connectivity index (χ0n) is 17.7. The Morgan fingerprint density at radius 1 is 1.19 bits per heavy atom. The van der Waals surface area contributed by atoms with Crippen LogP contribution in [-0.4, -0.2) is 50.0 Å².